The van der Waals surface area contributed by atoms with E-state index in [1.54, 1.807) is 12.1 Å². The van der Waals surface area contributed by atoms with Crippen molar-refractivity contribution in [3.8, 4) is 5.75 Å². The Labute approximate surface area is 128 Å². The van der Waals surface area contributed by atoms with Crippen LogP contribution in [-0.2, 0) is 6.42 Å². The van der Waals surface area contributed by atoms with Crippen molar-refractivity contribution < 1.29 is 5.11 Å². The van der Waals surface area contributed by atoms with E-state index in [-0.39, 0.29) is 0 Å². The first kappa shape index (κ1) is 14.2. The summed E-state index contributed by atoms with van der Waals surface area (Å²) in [6, 6.07) is 14.2. The summed E-state index contributed by atoms with van der Waals surface area (Å²) in [4.78, 5) is 0. The fourth-order valence-electron chi connectivity index (χ4n) is 2.00. The van der Waals surface area contributed by atoms with Crippen LogP contribution in [-0.4, -0.2) is 11.1 Å². The maximum Gasteiger partial charge on any atom is 0.115 e. The first-order valence-corrected chi connectivity index (χ1v) is 7.43. The monoisotopic (exact) mass is 367 g/mol. The molecule has 2 N–H and O–H groups in total. The molecule has 0 aliphatic heterocycles. The van der Waals surface area contributed by atoms with E-state index in [0.29, 0.717) is 11.8 Å². The molecule has 2 aromatic rings. The molecule has 19 heavy (non-hydrogen) atoms. The molecule has 0 aromatic heterocycles. The summed E-state index contributed by atoms with van der Waals surface area (Å²) in [6.07, 6.45) is 0.935. The van der Waals surface area contributed by atoms with Crippen molar-refractivity contribution >= 4 is 28.3 Å². The lowest BCUT2D eigenvalue weighted by atomic mass is 10.1. The van der Waals surface area contributed by atoms with Crippen LogP contribution in [0.4, 0.5) is 5.69 Å². The van der Waals surface area contributed by atoms with E-state index in [4.69, 9.17) is 0 Å². The maximum atomic E-state index is 9.27. The second-order valence-electron chi connectivity index (χ2n) is 4.88. The summed E-state index contributed by atoms with van der Waals surface area (Å²) >= 11 is 2.36. The summed E-state index contributed by atoms with van der Waals surface area (Å²) in [6.45, 7) is 4.28. The molecule has 2 nitrogen and oxygen atoms in total. The van der Waals surface area contributed by atoms with Gasteiger partial charge in [-0.1, -0.05) is 18.2 Å². The van der Waals surface area contributed by atoms with Gasteiger partial charge in [-0.3, -0.25) is 0 Å². The first-order chi connectivity index (χ1) is 9.04. The third-order valence-corrected chi connectivity index (χ3v) is 4.23. The van der Waals surface area contributed by atoms with Crippen molar-refractivity contribution in [2.75, 3.05) is 5.32 Å². The molecule has 1 atom stereocenters. The first-order valence-electron chi connectivity index (χ1n) is 6.35. The normalized spacial score (nSPS) is 12.2. The van der Waals surface area contributed by atoms with Crippen LogP contribution in [0, 0.1) is 10.5 Å². The molecule has 0 saturated carbocycles. The Morgan fingerprint density at radius 2 is 1.84 bits per heavy atom. The van der Waals surface area contributed by atoms with Crippen LogP contribution in [0.1, 0.15) is 18.1 Å². The van der Waals surface area contributed by atoms with E-state index >= 15 is 0 Å². The molecule has 2 rings (SSSR count). The Morgan fingerprint density at radius 3 is 2.47 bits per heavy atom. The summed E-state index contributed by atoms with van der Waals surface area (Å²) in [5.74, 6) is 0.317. The molecule has 0 radical (unpaired) electrons. The Balaban J connectivity index is 1.98. The average Bonchev–Trinajstić information content (AvgIpc) is 2.37. The number of phenolic OH excluding ortho intramolecular Hbond substituents is 1. The van der Waals surface area contributed by atoms with Gasteiger partial charge in [-0.25, -0.2) is 0 Å². The minimum Gasteiger partial charge on any atom is -0.508 e. The van der Waals surface area contributed by atoms with Crippen LogP contribution in [0.15, 0.2) is 42.5 Å². The molecular weight excluding hydrogens is 349 g/mol. The SMILES string of the molecule is Cc1ccc(NC(C)Cc2ccc(O)cc2)cc1I. The predicted octanol–water partition coefficient (Wildman–Crippen LogP) is 4.35. The minimum absolute atomic E-state index is 0.317. The minimum atomic E-state index is 0.317. The number of nitrogens with one attached hydrogen (secondary N) is 1. The molecule has 0 heterocycles. The molecule has 0 spiro atoms. The molecular formula is C16H18INO. The van der Waals surface area contributed by atoms with E-state index in [2.05, 4.69) is 60.0 Å². The van der Waals surface area contributed by atoms with Crippen molar-refractivity contribution in [2.45, 2.75) is 26.3 Å². The number of hydrogen-bond acceptors (Lipinski definition) is 2. The van der Waals surface area contributed by atoms with E-state index in [9.17, 15) is 5.11 Å². The molecule has 0 aliphatic rings. The Hall–Kier alpha value is -1.23. The van der Waals surface area contributed by atoms with Gasteiger partial charge in [0.2, 0.25) is 0 Å². The summed E-state index contributed by atoms with van der Waals surface area (Å²) in [5, 5.41) is 12.8. The lowest BCUT2D eigenvalue weighted by Gasteiger charge is -2.16. The van der Waals surface area contributed by atoms with Crippen molar-refractivity contribution in [2.24, 2.45) is 0 Å². The number of aryl methyl sites for hydroxylation is 1. The largest absolute Gasteiger partial charge is 0.508 e. The molecule has 0 aliphatic carbocycles. The molecule has 0 bridgehead atoms. The second-order valence-corrected chi connectivity index (χ2v) is 6.04. The Morgan fingerprint density at radius 1 is 1.16 bits per heavy atom. The van der Waals surface area contributed by atoms with Gasteiger partial charge in [0, 0.05) is 15.3 Å². The fourth-order valence-corrected chi connectivity index (χ4v) is 2.52. The highest BCUT2D eigenvalue weighted by Crippen LogP contribution is 2.19. The van der Waals surface area contributed by atoms with Gasteiger partial charge in [-0.15, -0.1) is 0 Å². The quantitative estimate of drug-likeness (QED) is 0.788. The van der Waals surface area contributed by atoms with Crippen molar-refractivity contribution in [3.05, 3.63) is 57.2 Å². The van der Waals surface area contributed by atoms with E-state index in [1.807, 2.05) is 12.1 Å². The number of rotatable bonds is 4. The zero-order valence-electron chi connectivity index (χ0n) is 11.2. The van der Waals surface area contributed by atoms with Gasteiger partial charge < -0.3 is 10.4 Å². The van der Waals surface area contributed by atoms with Crippen LogP contribution in [0.25, 0.3) is 0 Å². The molecule has 0 amide bonds. The summed E-state index contributed by atoms with van der Waals surface area (Å²) < 4.78 is 1.28. The van der Waals surface area contributed by atoms with E-state index < -0.39 is 0 Å². The number of phenols is 1. The number of benzene rings is 2. The van der Waals surface area contributed by atoms with Gasteiger partial charge >= 0.3 is 0 Å². The van der Waals surface area contributed by atoms with Crippen LogP contribution >= 0.6 is 22.6 Å². The maximum absolute atomic E-state index is 9.27. The molecule has 3 heteroatoms. The molecule has 1 unspecified atom stereocenters. The van der Waals surface area contributed by atoms with Gasteiger partial charge in [-0.2, -0.15) is 0 Å². The lowest BCUT2D eigenvalue weighted by molar-refractivity contribution is 0.475. The number of halogens is 1. The zero-order valence-corrected chi connectivity index (χ0v) is 13.3. The van der Waals surface area contributed by atoms with Gasteiger partial charge in [0.1, 0.15) is 5.75 Å². The Kier molecular flexibility index (Phi) is 4.69. The average molecular weight is 367 g/mol. The molecule has 0 fully saturated rings. The number of anilines is 1. The lowest BCUT2D eigenvalue weighted by Crippen LogP contribution is -2.18. The topological polar surface area (TPSA) is 32.3 Å². The smallest absolute Gasteiger partial charge is 0.115 e. The second kappa shape index (κ2) is 6.28. The predicted molar refractivity (Wildman–Crippen MR) is 88.8 cm³/mol. The highest BCUT2D eigenvalue weighted by atomic mass is 127. The van der Waals surface area contributed by atoms with Crippen LogP contribution in [0.2, 0.25) is 0 Å². The van der Waals surface area contributed by atoms with Crippen molar-refractivity contribution in [3.63, 3.8) is 0 Å². The van der Waals surface area contributed by atoms with Crippen molar-refractivity contribution in [1.82, 2.24) is 0 Å². The number of hydrogen-bond donors (Lipinski definition) is 2. The van der Waals surface area contributed by atoms with Crippen molar-refractivity contribution in [1.29, 1.82) is 0 Å². The van der Waals surface area contributed by atoms with Crippen LogP contribution in [0.5, 0.6) is 5.75 Å². The molecule has 2 aromatic carbocycles. The molecule has 0 saturated heterocycles. The summed E-state index contributed by atoms with van der Waals surface area (Å²) in [5.41, 5.74) is 3.68. The van der Waals surface area contributed by atoms with E-state index in [1.165, 1.54) is 14.7 Å². The standard InChI is InChI=1S/C16H18INO/c1-11-3-6-14(10-16(11)17)18-12(2)9-13-4-7-15(19)8-5-13/h3-8,10,12,18-19H,9H2,1-2H3. The van der Waals surface area contributed by atoms with Gasteiger partial charge in [0.15, 0.2) is 0 Å². The highest BCUT2D eigenvalue weighted by Gasteiger charge is 2.05. The van der Waals surface area contributed by atoms with Gasteiger partial charge in [0.05, 0.1) is 0 Å². The third kappa shape index (κ3) is 4.13. The zero-order chi connectivity index (χ0) is 13.8. The third-order valence-electron chi connectivity index (χ3n) is 3.06. The van der Waals surface area contributed by atoms with Crippen LogP contribution < -0.4 is 5.32 Å². The molecule has 100 valence electrons. The van der Waals surface area contributed by atoms with E-state index in [0.717, 1.165) is 12.1 Å². The Bertz CT molecular complexity index is 551. The summed E-state index contributed by atoms with van der Waals surface area (Å²) in [7, 11) is 0. The fraction of sp³-hybridized carbons (Fsp3) is 0.250. The highest BCUT2D eigenvalue weighted by molar-refractivity contribution is 14.1. The van der Waals surface area contributed by atoms with Crippen LogP contribution in [0.3, 0.4) is 0 Å². The van der Waals surface area contributed by atoms with Gasteiger partial charge in [0.25, 0.3) is 0 Å². The number of aromatic hydroxyl groups is 1. The van der Waals surface area contributed by atoms with Gasteiger partial charge in [-0.05, 0) is 78.3 Å².